The van der Waals surface area contributed by atoms with Gasteiger partial charge in [0.05, 0.1) is 13.2 Å². The van der Waals surface area contributed by atoms with E-state index in [0.717, 1.165) is 25.7 Å². The maximum Gasteiger partial charge on any atom is 0.328 e. The molecule has 230 valence electrons. The second-order valence-electron chi connectivity index (χ2n) is 10.4. The summed E-state index contributed by atoms with van der Waals surface area (Å²) in [6.07, 6.45) is 3.72. The fourth-order valence-electron chi connectivity index (χ4n) is 4.88. The normalized spacial score (nSPS) is 13.7. The molecule has 0 aliphatic heterocycles. The van der Waals surface area contributed by atoms with E-state index in [0.29, 0.717) is 6.61 Å². The minimum absolute atomic E-state index is 0.0964. The maximum absolute atomic E-state index is 13.2. The van der Waals surface area contributed by atoms with Gasteiger partial charge in [-0.25, -0.2) is 9.78 Å². The molecule has 0 bridgehead atoms. The largest absolute Gasteiger partial charge is 0.493 e. The fourth-order valence-corrected chi connectivity index (χ4v) is 4.88. The van der Waals surface area contributed by atoms with Gasteiger partial charge in [0.1, 0.15) is 12.1 Å². The second-order valence-corrected chi connectivity index (χ2v) is 10.4. The standard InChI is InChI=1S/C34H42N2O7/c1-6-28(22-27-16-11-8-12-17-27)31(41-21-13-18-26-14-9-7-10-15-26)24(3)42-34(39)23(2)36-33(38)30-32(43-25(4)37)29(40-5)19-20-35-30/h7-12,14-17,19-20,23-24,28,31H,6,13,18,21-22H2,1-5H3,(H,36,38)/t23-,24-,28+,31-/m0/s1. The maximum atomic E-state index is 13.2. The Bertz CT molecular complexity index is 1320. The summed E-state index contributed by atoms with van der Waals surface area (Å²) in [5.41, 5.74) is 2.24. The average Bonchev–Trinajstić information content (AvgIpc) is 3.00. The first kappa shape index (κ1) is 33.3. The van der Waals surface area contributed by atoms with Gasteiger partial charge in [-0.05, 0) is 50.2 Å². The van der Waals surface area contributed by atoms with Crippen LogP contribution in [0, 0.1) is 5.92 Å². The number of rotatable bonds is 16. The molecule has 1 N–H and O–H groups in total. The summed E-state index contributed by atoms with van der Waals surface area (Å²) >= 11 is 0. The van der Waals surface area contributed by atoms with E-state index in [2.05, 4.69) is 41.5 Å². The smallest absolute Gasteiger partial charge is 0.328 e. The van der Waals surface area contributed by atoms with Gasteiger partial charge in [0.15, 0.2) is 11.4 Å². The number of benzene rings is 2. The Hall–Kier alpha value is -4.24. The quantitative estimate of drug-likeness (QED) is 0.175. The van der Waals surface area contributed by atoms with Crippen molar-refractivity contribution in [1.29, 1.82) is 0 Å². The number of aromatic nitrogens is 1. The van der Waals surface area contributed by atoms with Crippen molar-refractivity contribution in [3.63, 3.8) is 0 Å². The van der Waals surface area contributed by atoms with E-state index in [1.54, 1.807) is 0 Å². The Kier molecular flexibility index (Phi) is 13.2. The van der Waals surface area contributed by atoms with E-state index in [1.165, 1.54) is 44.3 Å². The molecular weight excluding hydrogens is 548 g/mol. The van der Waals surface area contributed by atoms with Gasteiger partial charge in [-0.3, -0.25) is 9.59 Å². The van der Waals surface area contributed by atoms with Crippen molar-refractivity contribution in [3.8, 4) is 11.5 Å². The third kappa shape index (κ3) is 10.2. The first-order valence-electron chi connectivity index (χ1n) is 14.7. The van der Waals surface area contributed by atoms with Crippen LogP contribution in [0.4, 0.5) is 0 Å². The lowest BCUT2D eigenvalue weighted by Gasteiger charge is -2.32. The van der Waals surface area contributed by atoms with E-state index in [1.807, 2.05) is 43.3 Å². The van der Waals surface area contributed by atoms with Crippen molar-refractivity contribution in [2.45, 2.75) is 71.6 Å². The van der Waals surface area contributed by atoms with Crippen LogP contribution in [-0.2, 0) is 31.9 Å². The number of aryl methyl sites for hydroxylation is 1. The summed E-state index contributed by atoms with van der Waals surface area (Å²) in [6.45, 7) is 7.17. The number of ether oxygens (including phenoxy) is 4. The molecule has 4 atom stereocenters. The Morgan fingerprint density at radius 3 is 2.19 bits per heavy atom. The lowest BCUT2D eigenvalue weighted by Crippen LogP contribution is -2.44. The number of nitrogens with one attached hydrogen (secondary N) is 1. The molecule has 0 saturated heterocycles. The highest BCUT2D eigenvalue weighted by atomic mass is 16.6. The molecule has 1 heterocycles. The van der Waals surface area contributed by atoms with Gasteiger partial charge in [-0.1, -0.05) is 74.0 Å². The van der Waals surface area contributed by atoms with Crippen LogP contribution in [0.2, 0.25) is 0 Å². The highest BCUT2D eigenvalue weighted by molar-refractivity contribution is 5.98. The Labute approximate surface area is 253 Å². The van der Waals surface area contributed by atoms with Gasteiger partial charge in [0.2, 0.25) is 5.75 Å². The zero-order valence-corrected chi connectivity index (χ0v) is 25.6. The number of amides is 1. The zero-order valence-electron chi connectivity index (χ0n) is 25.6. The highest BCUT2D eigenvalue weighted by Crippen LogP contribution is 2.30. The number of hydrogen-bond acceptors (Lipinski definition) is 8. The monoisotopic (exact) mass is 590 g/mol. The van der Waals surface area contributed by atoms with E-state index >= 15 is 0 Å². The minimum atomic E-state index is -1.01. The van der Waals surface area contributed by atoms with Crippen molar-refractivity contribution in [3.05, 3.63) is 89.7 Å². The van der Waals surface area contributed by atoms with Gasteiger partial charge in [-0.2, -0.15) is 0 Å². The SMILES string of the molecule is CC[C@H](Cc1ccccc1)[C@@H](OCCCc1ccccc1)[C@H](C)OC(=O)[C@H](C)NC(=O)c1nccc(OC)c1OC(C)=O. The predicted octanol–water partition coefficient (Wildman–Crippen LogP) is 5.35. The molecule has 0 radical (unpaired) electrons. The molecule has 0 unspecified atom stereocenters. The van der Waals surface area contributed by atoms with Crippen LogP contribution in [-0.4, -0.2) is 54.8 Å². The summed E-state index contributed by atoms with van der Waals surface area (Å²) in [5, 5.41) is 2.60. The topological polar surface area (TPSA) is 113 Å². The van der Waals surface area contributed by atoms with Gasteiger partial charge >= 0.3 is 11.9 Å². The van der Waals surface area contributed by atoms with Crippen LogP contribution in [0.3, 0.4) is 0 Å². The summed E-state index contributed by atoms with van der Waals surface area (Å²) in [7, 11) is 1.38. The number of esters is 2. The minimum Gasteiger partial charge on any atom is -0.493 e. The molecule has 9 heteroatoms. The summed E-state index contributed by atoms with van der Waals surface area (Å²) in [6, 6.07) is 20.9. The van der Waals surface area contributed by atoms with Crippen molar-refractivity contribution in [2.75, 3.05) is 13.7 Å². The van der Waals surface area contributed by atoms with Gasteiger partial charge in [0.25, 0.3) is 5.91 Å². The number of carbonyl (C=O) groups is 3. The summed E-state index contributed by atoms with van der Waals surface area (Å²) in [5.74, 6) is -1.84. The van der Waals surface area contributed by atoms with Crippen LogP contribution in [0.25, 0.3) is 0 Å². The molecule has 3 aromatic rings. The third-order valence-corrected chi connectivity index (χ3v) is 7.11. The van der Waals surface area contributed by atoms with Gasteiger partial charge < -0.3 is 24.3 Å². The van der Waals surface area contributed by atoms with Crippen molar-refractivity contribution < 1.29 is 33.3 Å². The first-order valence-corrected chi connectivity index (χ1v) is 14.7. The molecule has 43 heavy (non-hydrogen) atoms. The number of methoxy groups -OCH3 is 1. The fraction of sp³-hybridized carbons (Fsp3) is 0.412. The van der Waals surface area contributed by atoms with E-state index < -0.39 is 30.0 Å². The highest BCUT2D eigenvalue weighted by Gasteiger charge is 2.32. The van der Waals surface area contributed by atoms with Gasteiger partial charge in [-0.15, -0.1) is 0 Å². The van der Waals surface area contributed by atoms with Crippen LogP contribution < -0.4 is 14.8 Å². The van der Waals surface area contributed by atoms with Crippen LogP contribution >= 0.6 is 0 Å². The average molecular weight is 591 g/mol. The van der Waals surface area contributed by atoms with E-state index in [9.17, 15) is 14.4 Å². The zero-order chi connectivity index (χ0) is 31.2. The number of pyridine rings is 1. The predicted molar refractivity (Wildman–Crippen MR) is 163 cm³/mol. The van der Waals surface area contributed by atoms with Crippen LogP contribution in [0.15, 0.2) is 72.9 Å². The van der Waals surface area contributed by atoms with Crippen LogP contribution in [0.1, 0.15) is 62.2 Å². The summed E-state index contributed by atoms with van der Waals surface area (Å²) in [4.78, 5) is 41.9. The van der Waals surface area contributed by atoms with Crippen molar-refractivity contribution in [1.82, 2.24) is 10.3 Å². The first-order chi connectivity index (χ1) is 20.7. The molecule has 3 rings (SSSR count). The lowest BCUT2D eigenvalue weighted by atomic mass is 9.89. The Balaban J connectivity index is 1.69. The van der Waals surface area contributed by atoms with Crippen LogP contribution in [0.5, 0.6) is 11.5 Å². The third-order valence-electron chi connectivity index (χ3n) is 7.11. The van der Waals surface area contributed by atoms with E-state index in [-0.39, 0.29) is 29.2 Å². The Morgan fingerprint density at radius 1 is 0.930 bits per heavy atom. The number of hydrogen-bond donors (Lipinski definition) is 1. The molecule has 2 aromatic carbocycles. The number of nitrogens with zero attached hydrogens (tertiary/aromatic N) is 1. The van der Waals surface area contributed by atoms with Gasteiger partial charge in [0, 0.05) is 25.8 Å². The number of carbonyl (C=O) groups excluding carboxylic acids is 3. The van der Waals surface area contributed by atoms with Crippen molar-refractivity contribution >= 4 is 17.8 Å². The molecule has 0 fully saturated rings. The molecule has 0 saturated carbocycles. The van der Waals surface area contributed by atoms with Crippen molar-refractivity contribution in [2.24, 2.45) is 5.92 Å². The molecule has 0 aliphatic carbocycles. The van der Waals surface area contributed by atoms with E-state index in [4.69, 9.17) is 18.9 Å². The molecule has 0 aliphatic rings. The molecule has 0 spiro atoms. The molecule has 1 amide bonds. The Morgan fingerprint density at radius 2 is 1.58 bits per heavy atom. The molecule has 9 nitrogen and oxygen atoms in total. The molecule has 1 aromatic heterocycles. The second kappa shape index (κ2) is 17.0. The molecular formula is C34H42N2O7. The lowest BCUT2D eigenvalue weighted by molar-refractivity contribution is -0.161. The summed E-state index contributed by atoms with van der Waals surface area (Å²) < 4.78 is 22.7.